The molecule has 0 aliphatic heterocycles. The van der Waals surface area contributed by atoms with Gasteiger partial charge in [0.1, 0.15) is 16.6 Å². The van der Waals surface area contributed by atoms with Gasteiger partial charge in [-0.1, -0.05) is 41.7 Å². The second-order valence-electron chi connectivity index (χ2n) is 5.57. The molecular formula is C15H21N3OS. The first-order valence-electron chi connectivity index (χ1n) is 6.68. The molecule has 0 fully saturated rings. The van der Waals surface area contributed by atoms with Crippen molar-refractivity contribution in [1.29, 1.82) is 0 Å². The standard InChI is InChI=1S/C15H21N3OS/c1-15(2,3)19-10-12-17-18-14(20-12)13(16-4)11-8-6-5-7-9-11/h5-9,13,16H,10H2,1-4H3. The third kappa shape index (κ3) is 4.10. The molecular weight excluding hydrogens is 270 g/mol. The number of hydrogen-bond donors (Lipinski definition) is 1. The van der Waals surface area contributed by atoms with Crippen molar-refractivity contribution in [1.82, 2.24) is 15.5 Å². The molecule has 1 atom stereocenters. The van der Waals surface area contributed by atoms with Gasteiger partial charge in [0.25, 0.3) is 0 Å². The van der Waals surface area contributed by atoms with Crippen LogP contribution in [0.25, 0.3) is 0 Å². The zero-order chi connectivity index (χ0) is 14.6. The molecule has 1 unspecified atom stereocenters. The molecule has 1 N–H and O–H groups in total. The van der Waals surface area contributed by atoms with Crippen LogP contribution in [-0.2, 0) is 11.3 Å². The summed E-state index contributed by atoms with van der Waals surface area (Å²) in [6.45, 7) is 6.62. The minimum absolute atomic E-state index is 0.0806. The Labute approximate surface area is 124 Å². The van der Waals surface area contributed by atoms with Crippen LogP contribution in [0.2, 0.25) is 0 Å². The van der Waals surface area contributed by atoms with Gasteiger partial charge in [0.15, 0.2) is 0 Å². The molecule has 0 amide bonds. The molecule has 108 valence electrons. The number of ether oxygens (including phenoxy) is 1. The second kappa shape index (κ2) is 6.43. The van der Waals surface area contributed by atoms with Crippen molar-refractivity contribution in [2.75, 3.05) is 7.05 Å². The van der Waals surface area contributed by atoms with Gasteiger partial charge < -0.3 is 10.1 Å². The first-order valence-corrected chi connectivity index (χ1v) is 7.50. The molecule has 0 aliphatic carbocycles. The van der Waals surface area contributed by atoms with Crippen LogP contribution in [0.1, 0.15) is 42.4 Å². The van der Waals surface area contributed by atoms with E-state index in [4.69, 9.17) is 4.74 Å². The van der Waals surface area contributed by atoms with Gasteiger partial charge in [0, 0.05) is 0 Å². The van der Waals surface area contributed by atoms with E-state index in [1.54, 1.807) is 11.3 Å². The van der Waals surface area contributed by atoms with Gasteiger partial charge in [-0.2, -0.15) is 0 Å². The Balaban J connectivity index is 2.11. The highest BCUT2D eigenvalue weighted by Crippen LogP contribution is 2.25. The fraction of sp³-hybridized carbons (Fsp3) is 0.467. The lowest BCUT2D eigenvalue weighted by molar-refractivity contribution is -0.0152. The van der Waals surface area contributed by atoms with Crippen LogP contribution in [-0.4, -0.2) is 22.8 Å². The van der Waals surface area contributed by atoms with Crippen LogP contribution in [0, 0.1) is 0 Å². The highest BCUT2D eigenvalue weighted by Gasteiger charge is 2.18. The number of aromatic nitrogens is 2. The van der Waals surface area contributed by atoms with Crippen LogP contribution in [0.15, 0.2) is 30.3 Å². The summed E-state index contributed by atoms with van der Waals surface area (Å²) in [5, 5.41) is 13.7. The maximum absolute atomic E-state index is 5.74. The molecule has 0 saturated heterocycles. The third-order valence-corrected chi connectivity index (χ3v) is 3.74. The van der Waals surface area contributed by atoms with E-state index in [1.807, 2.05) is 46.0 Å². The quantitative estimate of drug-likeness (QED) is 0.919. The van der Waals surface area contributed by atoms with Crippen molar-refractivity contribution >= 4 is 11.3 Å². The molecule has 0 spiro atoms. The SMILES string of the molecule is CNC(c1ccccc1)c1nnc(COC(C)(C)C)s1. The largest absolute Gasteiger partial charge is 0.369 e. The van der Waals surface area contributed by atoms with E-state index in [0.717, 1.165) is 10.0 Å². The molecule has 2 rings (SSSR count). The molecule has 1 aromatic carbocycles. The van der Waals surface area contributed by atoms with Crippen molar-refractivity contribution in [2.45, 2.75) is 39.0 Å². The summed E-state index contributed by atoms with van der Waals surface area (Å²) in [6, 6.07) is 10.3. The van der Waals surface area contributed by atoms with E-state index in [0.29, 0.717) is 6.61 Å². The Bertz CT molecular complexity index is 534. The topological polar surface area (TPSA) is 47.0 Å². The maximum atomic E-state index is 5.74. The Morgan fingerprint density at radius 2 is 1.90 bits per heavy atom. The van der Waals surface area contributed by atoms with Gasteiger partial charge in [-0.05, 0) is 33.4 Å². The zero-order valence-corrected chi connectivity index (χ0v) is 13.2. The maximum Gasteiger partial charge on any atom is 0.143 e. The Morgan fingerprint density at radius 1 is 1.20 bits per heavy atom. The Kier molecular flexibility index (Phi) is 4.86. The van der Waals surface area contributed by atoms with E-state index in [1.165, 1.54) is 5.56 Å². The van der Waals surface area contributed by atoms with Gasteiger partial charge in [0.05, 0.1) is 11.6 Å². The predicted molar refractivity (Wildman–Crippen MR) is 81.8 cm³/mol. The smallest absolute Gasteiger partial charge is 0.143 e. The molecule has 4 nitrogen and oxygen atoms in total. The lowest BCUT2D eigenvalue weighted by Gasteiger charge is -2.18. The van der Waals surface area contributed by atoms with Gasteiger partial charge in [-0.15, -0.1) is 10.2 Å². The fourth-order valence-corrected chi connectivity index (χ4v) is 2.69. The van der Waals surface area contributed by atoms with Gasteiger partial charge >= 0.3 is 0 Å². The number of nitrogens with zero attached hydrogens (tertiary/aromatic N) is 2. The van der Waals surface area contributed by atoms with E-state index >= 15 is 0 Å². The first-order chi connectivity index (χ1) is 9.49. The minimum Gasteiger partial charge on any atom is -0.369 e. The molecule has 20 heavy (non-hydrogen) atoms. The van der Waals surface area contributed by atoms with Crippen molar-refractivity contribution < 1.29 is 4.74 Å². The van der Waals surface area contributed by atoms with Crippen molar-refractivity contribution in [3.63, 3.8) is 0 Å². The van der Waals surface area contributed by atoms with Crippen LogP contribution in [0.5, 0.6) is 0 Å². The van der Waals surface area contributed by atoms with Crippen molar-refractivity contribution in [2.24, 2.45) is 0 Å². The predicted octanol–water partition coefficient (Wildman–Crippen LogP) is 3.16. The summed E-state index contributed by atoms with van der Waals surface area (Å²) < 4.78 is 5.74. The van der Waals surface area contributed by atoms with Gasteiger partial charge in [-0.3, -0.25) is 0 Å². The molecule has 0 radical (unpaired) electrons. The Hall–Kier alpha value is -1.30. The number of benzene rings is 1. The van der Waals surface area contributed by atoms with Crippen LogP contribution < -0.4 is 5.32 Å². The fourth-order valence-electron chi connectivity index (χ4n) is 1.80. The average Bonchev–Trinajstić information content (AvgIpc) is 2.87. The average molecular weight is 291 g/mol. The van der Waals surface area contributed by atoms with Crippen LogP contribution in [0.4, 0.5) is 0 Å². The summed E-state index contributed by atoms with van der Waals surface area (Å²) >= 11 is 1.59. The number of rotatable bonds is 5. The normalized spacial score (nSPS) is 13.4. The molecule has 2 aromatic rings. The molecule has 0 saturated carbocycles. The molecule has 5 heteroatoms. The summed E-state index contributed by atoms with van der Waals surface area (Å²) in [6.07, 6.45) is 0. The highest BCUT2D eigenvalue weighted by atomic mass is 32.1. The lowest BCUT2D eigenvalue weighted by atomic mass is 10.1. The summed E-state index contributed by atoms with van der Waals surface area (Å²) in [4.78, 5) is 0. The first kappa shape index (κ1) is 15.1. The number of hydrogen-bond acceptors (Lipinski definition) is 5. The van der Waals surface area contributed by atoms with Gasteiger partial charge in [-0.25, -0.2) is 0 Å². The number of nitrogens with one attached hydrogen (secondary N) is 1. The minimum atomic E-state index is -0.159. The van der Waals surface area contributed by atoms with Crippen LogP contribution >= 0.6 is 11.3 Å². The van der Waals surface area contributed by atoms with Gasteiger partial charge in [0.2, 0.25) is 0 Å². The van der Waals surface area contributed by atoms with E-state index in [2.05, 4.69) is 27.6 Å². The summed E-state index contributed by atoms with van der Waals surface area (Å²) in [5.74, 6) is 0. The highest BCUT2D eigenvalue weighted by molar-refractivity contribution is 7.11. The van der Waals surface area contributed by atoms with E-state index in [9.17, 15) is 0 Å². The van der Waals surface area contributed by atoms with E-state index < -0.39 is 0 Å². The van der Waals surface area contributed by atoms with Crippen molar-refractivity contribution in [3.8, 4) is 0 Å². The second-order valence-corrected chi connectivity index (χ2v) is 6.66. The Morgan fingerprint density at radius 3 is 2.50 bits per heavy atom. The molecule has 1 heterocycles. The molecule has 0 bridgehead atoms. The monoisotopic (exact) mass is 291 g/mol. The van der Waals surface area contributed by atoms with Crippen molar-refractivity contribution in [3.05, 3.63) is 45.9 Å². The summed E-state index contributed by atoms with van der Waals surface area (Å²) in [7, 11) is 1.93. The molecule has 0 aliphatic rings. The lowest BCUT2D eigenvalue weighted by Crippen LogP contribution is -2.18. The molecule has 1 aromatic heterocycles. The zero-order valence-electron chi connectivity index (χ0n) is 12.4. The van der Waals surface area contributed by atoms with E-state index in [-0.39, 0.29) is 11.6 Å². The van der Waals surface area contributed by atoms with Crippen LogP contribution in [0.3, 0.4) is 0 Å². The third-order valence-electron chi connectivity index (χ3n) is 2.78. The summed E-state index contributed by atoms with van der Waals surface area (Å²) in [5.41, 5.74) is 1.03.